The van der Waals surface area contributed by atoms with Crippen molar-refractivity contribution >= 4 is 69.3 Å². The summed E-state index contributed by atoms with van der Waals surface area (Å²) in [5.41, 5.74) is 7.76. The number of hydrogen-bond donors (Lipinski definition) is 2. The van der Waals surface area contributed by atoms with Crippen molar-refractivity contribution in [3.63, 3.8) is 0 Å². The maximum Gasteiger partial charge on any atom is 0.160 e. The highest BCUT2D eigenvalue weighted by Crippen LogP contribution is 2.42. The van der Waals surface area contributed by atoms with Crippen LogP contribution in [0.25, 0.3) is 43.7 Å². The predicted octanol–water partition coefficient (Wildman–Crippen LogP) is 7.07. The number of para-hydroxylation sites is 2. The standard InChI is InChI=1S/C38H29N3OSi/c1-3-11-24(12-4-1)35-30-16-7-9-17-32(30)39-38(40-35)41-33-22-19-26(43-25-13-5-2-6-14-25)23-31(33)28-20-21-29-27-15-8-10-18-34(27)42-37(29)36(28)41/h1-23,35,38-40H,43H2. The molecule has 0 fully saturated rings. The van der Waals surface area contributed by atoms with E-state index in [0.29, 0.717) is 0 Å². The molecule has 2 aromatic heterocycles. The van der Waals surface area contributed by atoms with Gasteiger partial charge in [0.1, 0.15) is 5.58 Å². The summed E-state index contributed by atoms with van der Waals surface area (Å²) in [6.45, 7) is 0. The van der Waals surface area contributed by atoms with Crippen molar-refractivity contribution in [1.29, 1.82) is 0 Å². The van der Waals surface area contributed by atoms with Crippen molar-refractivity contribution < 1.29 is 4.42 Å². The first-order valence-electron chi connectivity index (χ1n) is 14.9. The predicted molar refractivity (Wildman–Crippen MR) is 181 cm³/mol. The van der Waals surface area contributed by atoms with Gasteiger partial charge in [-0.05, 0) is 35.4 Å². The molecule has 0 aliphatic carbocycles. The monoisotopic (exact) mass is 571 g/mol. The fourth-order valence-electron chi connectivity index (χ4n) is 6.95. The molecule has 0 saturated carbocycles. The minimum Gasteiger partial charge on any atom is -0.454 e. The Kier molecular flexibility index (Phi) is 5.54. The number of nitrogens with one attached hydrogen (secondary N) is 2. The van der Waals surface area contributed by atoms with E-state index in [1.54, 1.807) is 0 Å². The summed E-state index contributed by atoms with van der Waals surface area (Å²) < 4.78 is 9.09. The quantitative estimate of drug-likeness (QED) is 0.222. The lowest BCUT2D eigenvalue weighted by Gasteiger charge is -2.36. The van der Waals surface area contributed by atoms with Gasteiger partial charge in [0.15, 0.2) is 11.9 Å². The number of rotatable bonds is 4. The van der Waals surface area contributed by atoms with Crippen LogP contribution in [0, 0.1) is 0 Å². The zero-order valence-corrected chi connectivity index (χ0v) is 24.9. The van der Waals surface area contributed by atoms with Crippen LogP contribution < -0.4 is 21.0 Å². The van der Waals surface area contributed by atoms with Crippen LogP contribution in [-0.2, 0) is 0 Å². The van der Waals surface area contributed by atoms with E-state index in [4.69, 9.17) is 4.42 Å². The fraction of sp³-hybridized carbons (Fsp3) is 0.0526. The van der Waals surface area contributed by atoms with Crippen molar-refractivity contribution in [2.24, 2.45) is 0 Å². The summed E-state index contributed by atoms with van der Waals surface area (Å²) in [5, 5.41) is 15.5. The Labute approximate surface area is 251 Å². The molecule has 5 heteroatoms. The number of furan rings is 1. The molecule has 2 atom stereocenters. The van der Waals surface area contributed by atoms with Gasteiger partial charge in [-0.3, -0.25) is 5.32 Å². The number of hydrogen-bond acceptors (Lipinski definition) is 3. The van der Waals surface area contributed by atoms with E-state index < -0.39 is 9.52 Å². The van der Waals surface area contributed by atoms with Crippen molar-refractivity contribution in [3.05, 3.63) is 151 Å². The fourth-order valence-corrected chi connectivity index (χ4v) is 8.47. The molecule has 2 N–H and O–H groups in total. The van der Waals surface area contributed by atoms with Crippen LogP contribution in [0.3, 0.4) is 0 Å². The molecule has 0 saturated heterocycles. The van der Waals surface area contributed by atoms with E-state index in [0.717, 1.165) is 33.1 Å². The van der Waals surface area contributed by atoms with Gasteiger partial charge in [0, 0.05) is 27.2 Å². The Hall–Kier alpha value is -5.10. The van der Waals surface area contributed by atoms with Gasteiger partial charge in [0.2, 0.25) is 0 Å². The Balaban J connectivity index is 1.30. The summed E-state index contributed by atoms with van der Waals surface area (Å²) in [7, 11) is -0.610. The summed E-state index contributed by atoms with van der Waals surface area (Å²) in [4.78, 5) is 0. The first-order chi connectivity index (χ1) is 21.3. The van der Waals surface area contributed by atoms with Crippen molar-refractivity contribution in [2.75, 3.05) is 5.32 Å². The van der Waals surface area contributed by atoms with E-state index >= 15 is 0 Å². The summed E-state index contributed by atoms with van der Waals surface area (Å²) in [6.07, 6.45) is -0.198. The lowest BCUT2D eigenvalue weighted by atomic mass is 9.95. The van der Waals surface area contributed by atoms with Crippen LogP contribution in [0.2, 0.25) is 0 Å². The maximum atomic E-state index is 6.67. The molecule has 0 bridgehead atoms. The summed E-state index contributed by atoms with van der Waals surface area (Å²) in [5.74, 6) is 0. The molecule has 3 heterocycles. The van der Waals surface area contributed by atoms with Crippen LogP contribution in [0.4, 0.5) is 5.69 Å². The molecule has 43 heavy (non-hydrogen) atoms. The molecule has 0 amide bonds. The van der Waals surface area contributed by atoms with E-state index in [9.17, 15) is 0 Å². The molecule has 1 aliphatic rings. The first kappa shape index (κ1) is 24.5. The zero-order valence-electron chi connectivity index (χ0n) is 23.5. The zero-order chi connectivity index (χ0) is 28.3. The molecule has 2 unspecified atom stereocenters. The minimum absolute atomic E-state index is 0.0378. The maximum absolute atomic E-state index is 6.67. The third-order valence-corrected chi connectivity index (χ3v) is 10.6. The normalized spacial score (nSPS) is 16.8. The highest BCUT2D eigenvalue weighted by molar-refractivity contribution is 6.67. The smallest absolute Gasteiger partial charge is 0.160 e. The lowest BCUT2D eigenvalue weighted by Crippen LogP contribution is -2.40. The molecule has 0 spiro atoms. The third-order valence-electron chi connectivity index (χ3n) is 8.90. The van der Waals surface area contributed by atoms with Gasteiger partial charge in [-0.2, -0.15) is 0 Å². The topological polar surface area (TPSA) is 42.1 Å². The second-order valence-corrected chi connectivity index (χ2v) is 13.5. The molecule has 8 aromatic rings. The van der Waals surface area contributed by atoms with Crippen molar-refractivity contribution in [3.8, 4) is 0 Å². The van der Waals surface area contributed by atoms with Gasteiger partial charge in [0.25, 0.3) is 0 Å². The Bertz CT molecular complexity index is 2290. The van der Waals surface area contributed by atoms with Gasteiger partial charge < -0.3 is 14.3 Å². The van der Waals surface area contributed by atoms with Gasteiger partial charge in [-0.15, -0.1) is 0 Å². The van der Waals surface area contributed by atoms with E-state index in [1.807, 2.05) is 6.07 Å². The minimum atomic E-state index is -0.610. The summed E-state index contributed by atoms with van der Waals surface area (Å²) >= 11 is 0. The van der Waals surface area contributed by atoms with Gasteiger partial charge >= 0.3 is 0 Å². The summed E-state index contributed by atoms with van der Waals surface area (Å²) in [6, 6.07) is 50.3. The van der Waals surface area contributed by atoms with Crippen LogP contribution in [-0.4, -0.2) is 14.1 Å². The molecule has 0 radical (unpaired) electrons. The third kappa shape index (κ3) is 3.93. The number of benzene rings is 6. The Morgan fingerprint density at radius 2 is 1.35 bits per heavy atom. The van der Waals surface area contributed by atoms with E-state index in [2.05, 4.69) is 149 Å². The van der Waals surface area contributed by atoms with Crippen molar-refractivity contribution in [1.82, 2.24) is 9.88 Å². The lowest BCUT2D eigenvalue weighted by molar-refractivity contribution is 0.416. The molecular formula is C38H29N3OSi. The number of nitrogens with zero attached hydrogens (tertiary/aromatic N) is 1. The second kappa shape index (κ2) is 9.73. The van der Waals surface area contributed by atoms with Crippen LogP contribution in [0.1, 0.15) is 23.5 Å². The van der Waals surface area contributed by atoms with Gasteiger partial charge in [-0.1, -0.05) is 126 Å². The Morgan fingerprint density at radius 1 is 0.605 bits per heavy atom. The van der Waals surface area contributed by atoms with E-state index in [-0.39, 0.29) is 12.3 Å². The van der Waals surface area contributed by atoms with Crippen LogP contribution >= 0.6 is 0 Å². The SMILES string of the molecule is c1ccc([SiH2]c2ccc3c(c2)c2ccc4c5ccccc5oc4c2n3C2Nc3ccccc3C(c3ccccc3)N2)cc1. The number of aromatic nitrogens is 1. The van der Waals surface area contributed by atoms with Gasteiger partial charge in [-0.25, -0.2) is 0 Å². The molecule has 6 aromatic carbocycles. The van der Waals surface area contributed by atoms with Crippen molar-refractivity contribution in [2.45, 2.75) is 12.3 Å². The second-order valence-electron chi connectivity index (χ2n) is 11.5. The average molecular weight is 572 g/mol. The number of anilines is 1. The highest BCUT2D eigenvalue weighted by atomic mass is 28.2. The molecule has 1 aliphatic heterocycles. The van der Waals surface area contributed by atoms with Gasteiger partial charge in [0.05, 0.1) is 26.6 Å². The highest BCUT2D eigenvalue weighted by Gasteiger charge is 2.30. The van der Waals surface area contributed by atoms with Crippen LogP contribution in [0.15, 0.2) is 144 Å². The average Bonchev–Trinajstić information content (AvgIpc) is 3.61. The first-order valence-corrected chi connectivity index (χ1v) is 16.3. The molecule has 4 nitrogen and oxygen atoms in total. The Morgan fingerprint density at radius 3 is 2.23 bits per heavy atom. The number of fused-ring (bicyclic) bond motifs is 8. The van der Waals surface area contributed by atoms with Crippen LogP contribution in [0.5, 0.6) is 0 Å². The largest absolute Gasteiger partial charge is 0.454 e. The van der Waals surface area contributed by atoms with E-state index in [1.165, 1.54) is 37.8 Å². The molecule has 9 rings (SSSR count). The molecule has 206 valence electrons. The molecular weight excluding hydrogens is 543 g/mol.